The largest absolute Gasteiger partial charge is 0.493 e. The predicted octanol–water partition coefficient (Wildman–Crippen LogP) is 0.854. The van der Waals surface area contributed by atoms with Crippen molar-refractivity contribution in [1.29, 1.82) is 0 Å². The first-order valence-corrected chi connectivity index (χ1v) is 13.8. The minimum Gasteiger partial charge on any atom is -0.493 e. The lowest BCUT2D eigenvalue weighted by atomic mass is 10.0. The monoisotopic (exact) mass is 490 g/mol. The Bertz CT molecular complexity index is 1030. The van der Waals surface area contributed by atoms with Crippen molar-refractivity contribution in [1.82, 2.24) is 10.2 Å². The second-order valence-corrected chi connectivity index (χ2v) is 12.2. The molecule has 1 aromatic carbocycles. The second kappa shape index (κ2) is 9.84. The van der Waals surface area contributed by atoms with Crippen LogP contribution in [0.1, 0.15) is 19.8 Å². The van der Waals surface area contributed by atoms with Gasteiger partial charge < -0.3 is 24.4 Å². The van der Waals surface area contributed by atoms with Crippen LogP contribution in [0.4, 0.5) is 4.79 Å². The predicted molar refractivity (Wildman–Crippen MR) is 118 cm³/mol. The van der Waals surface area contributed by atoms with E-state index in [0.29, 0.717) is 38.3 Å². The zero-order valence-corrected chi connectivity index (χ0v) is 20.1. The van der Waals surface area contributed by atoms with Gasteiger partial charge in [0.1, 0.15) is 0 Å². The summed E-state index contributed by atoms with van der Waals surface area (Å²) >= 11 is 0. The highest BCUT2D eigenvalue weighted by Gasteiger charge is 2.46. The molecule has 32 heavy (non-hydrogen) atoms. The third kappa shape index (κ3) is 5.29. The van der Waals surface area contributed by atoms with E-state index in [9.17, 15) is 21.6 Å². The number of nitrogens with zero attached hydrogens (tertiary/aromatic N) is 1. The molecule has 1 amide bonds. The molecule has 3 rings (SSSR count). The number of hydrogen-bond acceptors (Lipinski definition) is 9. The van der Waals surface area contributed by atoms with Gasteiger partial charge in [0.05, 0.1) is 42.5 Å². The average Bonchev–Trinajstić information content (AvgIpc) is 3.08. The van der Waals surface area contributed by atoms with E-state index in [2.05, 4.69) is 5.32 Å². The van der Waals surface area contributed by atoms with E-state index in [4.69, 9.17) is 14.2 Å². The molecular weight excluding hydrogens is 460 g/mol. The summed E-state index contributed by atoms with van der Waals surface area (Å²) in [5.74, 6) is -0.0514. The van der Waals surface area contributed by atoms with Crippen LogP contribution in [-0.4, -0.2) is 90.6 Å². The molecular formula is C20H30N2O8S2. The van der Waals surface area contributed by atoms with E-state index in [1.807, 2.05) is 0 Å². The summed E-state index contributed by atoms with van der Waals surface area (Å²) in [6, 6.07) is 3.41. The summed E-state index contributed by atoms with van der Waals surface area (Å²) in [5.41, 5.74) is 0. The van der Waals surface area contributed by atoms with Crippen LogP contribution in [0.15, 0.2) is 23.1 Å². The van der Waals surface area contributed by atoms with Gasteiger partial charge in [0.15, 0.2) is 31.2 Å². The van der Waals surface area contributed by atoms with Crippen molar-refractivity contribution < 1.29 is 35.8 Å². The molecule has 2 heterocycles. The Balaban J connectivity index is 1.76. The summed E-state index contributed by atoms with van der Waals surface area (Å²) in [5, 5.41) is 2.13. The van der Waals surface area contributed by atoms with Gasteiger partial charge in [0.25, 0.3) is 0 Å². The van der Waals surface area contributed by atoms with E-state index < -0.39 is 36.7 Å². The maximum Gasteiger partial charge on any atom is 0.409 e. The molecule has 0 aliphatic carbocycles. The van der Waals surface area contributed by atoms with Gasteiger partial charge in [-0.3, -0.25) is 0 Å². The van der Waals surface area contributed by atoms with Crippen LogP contribution in [0.25, 0.3) is 0 Å². The Morgan fingerprint density at radius 3 is 2.38 bits per heavy atom. The molecule has 180 valence electrons. The topological polar surface area (TPSA) is 128 Å². The molecule has 2 aliphatic rings. The number of amides is 1. The van der Waals surface area contributed by atoms with Gasteiger partial charge >= 0.3 is 6.09 Å². The van der Waals surface area contributed by atoms with E-state index in [1.165, 1.54) is 32.4 Å². The Morgan fingerprint density at radius 2 is 1.78 bits per heavy atom. The first-order valence-electron chi connectivity index (χ1n) is 10.5. The molecule has 2 fully saturated rings. The van der Waals surface area contributed by atoms with Crippen molar-refractivity contribution in [3.05, 3.63) is 18.2 Å². The standard InChI is InChI=1S/C20H30N2O8S2/c1-4-30-20(23)22-9-7-14(8-10-22)21-16-12-31(24,25)13-19(16)32(26,27)15-5-6-17(28-2)18(11-15)29-3/h5-6,11,14,16,19,21H,4,7-10,12-13H2,1-3H3/t16-,19-/m0/s1. The molecule has 2 saturated heterocycles. The van der Waals surface area contributed by atoms with Crippen LogP contribution < -0.4 is 14.8 Å². The fourth-order valence-corrected chi connectivity index (χ4v) is 8.88. The quantitative estimate of drug-likeness (QED) is 0.591. The molecule has 12 heteroatoms. The number of likely N-dealkylation sites (tertiary alicyclic amines) is 1. The number of rotatable bonds is 7. The maximum absolute atomic E-state index is 13.4. The van der Waals surface area contributed by atoms with E-state index in [0.717, 1.165) is 0 Å². The Kier molecular flexibility index (Phi) is 7.56. The number of carbonyl (C=O) groups is 1. The number of sulfone groups is 2. The van der Waals surface area contributed by atoms with Crippen molar-refractivity contribution in [2.45, 2.75) is 42.0 Å². The number of hydrogen-bond donors (Lipinski definition) is 1. The van der Waals surface area contributed by atoms with E-state index in [1.54, 1.807) is 11.8 Å². The van der Waals surface area contributed by atoms with Gasteiger partial charge in [-0.05, 0) is 31.9 Å². The molecule has 0 radical (unpaired) electrons. The lowest BCUT2D eigenvalue weighted by molar-refractivity contribution is 0.0945. The number of methoxy groups -OCH3 is 2. The smallest absolute Gasteiger partial charge is 0.409 e. The van der Waals surface area contributed by atoms with Crippen LogP contribution in [0.2, 0.25) is 0 Å². The molecule has 2 aliphatic heterocycles. The zero-order chi connectivity index (χ0) is 23.5. The highest BCUT2D eigenvalue weighted by atomic mass is 32.2. The third-order valence-electron chi connectivity index (χ3n) is 5.85. The van der Waals surface area contributed by atoms with Crippen LogP contribution in [0.3, 0.4) is 0 Å². The Morgan fingerprint density at radius 1 is 1.12 bits per heavy atom. The summed E-state index contributed by atoms with van der Waals surface area (Å²) in [7, 11) is -4.64. The first-order chi connectivity index (χ1) is 15.1. The first kappa shape index (κ1) is 24.6. The zero-order valence-electron chi connectivity index (χ0n) is 18.4. The fourth-order valence-electron chi connectivity index (χ4n) is 4.19. The highest BCUT2D eigenvalue weighted by molar-refractivity contribution is 7.96. The molecule has 2 atom stereocenters. The second-order valence-electron chi connectivity index (χ2n) is 7.91. The van der Waals surface area contributed by atoms with Gasteiger partial charge in [-0.1, -0.05) is 0 Å². The van der Waals surface area contributed by atoms with Crippen molar-refractivity contribution in [2.75, 3.05) is 45.4 Å². The Hall–Kier alpha value is -2.05. The van der Waals surface area contributed by atoms with Gasteiger partial charge in [-0.25, -0.2) is 21.6 Å². The Labute approximate surface area is 189 Å². The number of carbonyl (C=O) groups excluding carboxylic acids is 1. The van der Waals surface area contributed by atoms with Crippen molar-refractivity contribution in [2.24, 2.45) is 0 Å². The summed E-state index contributed by atoms with van der Waals surface area (Å²) < 4.78 is 66.9. The van der Waals surface area contributed by atoms with Crippen molar-refractivity contribution in [3.8, 4) is 11.5 Å². The molecule has 1 aromatic rings. The molecule has 0 saturated carbocycles. The van der Waals surface area contributed by atoms with Gasteiger partial charge in [0.2, 0.25) is 0 Å². The van der Waals surface area contributed by atoms with Gasteiger partial charge in [-0.15, -0.1) is 0 Å². The SMILES string of the molecule is CCOC(=O)N1CCC(N[C@H]2CS(=O)(=O)C[C@@H]2S(=O)(=O)c2ccc(OC)c(OC)c2)CC1. The molecule has 1 N–H and O–H groups in total. The number of benzene rings is 1. The number of piperidine rings is 1. The lowest BCUT2D eigenvalue weighted by Gasteiger charge is -2.34. The van der Waals surface area contributed by atoms with Gasteiger partial charge in [0, 0.05) is 31.2 Å². The summed E-state index contributed by atoms with van der Waals surface area (Å²) in [4.78, 5) is 13.5. The number of ether oxygens (including phenoxy) is 3. The minimum atomic E-state index is -3.96. The van der Waals surface area contributed by atoms with Crippen LogP contribution in [0.5, 0.6) is 11.5 Å². The van der Waals surface area contributed by atoms with Crippen LogP contribution in [-0.2, 0) is 24.4 Å². The summed E-state index contributed by atoms with van der Waals surface area (Å²) in [6.45, 7) is 2.96. The normalized spacial score (nSPS) is 23.7. The summed E-state index contributed by atoms with van der Waals surface area (Å²) in [6.07, 6.45) is 0.792. The molecule has 0 unspecified atom stereocenters. The number of nitrogens with one attached hydrogen (secondary N) is 1. The molecule has 10 nitrogen and oxygen atoms in total. The maximum atomic E-state index is 13.4. The lowest BCUT2D eigenvalue weighted by Crippen LogP contribution is -2.52. The van der Waals surface area contributed by atoms with Crippen molar-refractivity contribution >= 4 is 25.8 Å². The van der Waals surface area contributed by atoms with Crippen LogP contribution in [0, 0.1) is 0 Å². The highest BCUT2D eigenvalue weighted by Crippen LogP contribution is 2.33. The average molecular weight is 491 g/mol. The fraction of sp³-hybridized carbons (Fsp3) is 0.650. The van der Waals surface area contributed by atoms with Gasteiger partial charge in [-0.2, -0.15) is 0 Å². The van der Waals surface area contributed by atoms with Crippen LogP contribution >= 0.6 is 0 Å². The third-order valence-corrected chi connectivity index (χ3v) is 10.0. The molecule has 0 spiro atoms. The minimum absolute atomic E-state index is 0.0128. The van der Waals surface area contributed by atoms with E-state index >= 15 is 0 Å². The van der Waals surface area contributed by atoms with Crippen molar-refractivity contribution in [3.63, 3.8) is 0 Å². The molecule has 0 bridgehead atoms. The molecule has 0 aromatic heterocycles. The van der Waals surface area contributed by atoms with E-state index in [-0.39, 0.29) is 28.5 Å².